The predicted molar refractivity (Wildman–Crippen MR) is 96.5 cm³/mol. The highest BCUT2D eigenvalue weighted by Crippen LogP contribution is 2.31. The van der Waals surface area contributed by atoms with Gasteiger partial charge in [0, 0.05) is 6.54 Å². The first-order valence-corrected chi connectivity index (χ1v) is 9.98. The minimum atomic E-state index is -3.91. The maximum absolute atomic E-state index is 13.6. The van der Waals surface area contributed by atoms with E-state index in [4.69, 9.17) is 14.7 Å². The molecule has 142 valence electrons. The van der Waals surface area contributed by atoms with Crippen LogP contribution in [-0.4, -0.2) is 38.5 Å². The molecule has 0 bridgehead atoms. The third kappa shape index (κ3) is 4.04. The summed E-state index contributed by atoms with van der Waals surface area (Å²) >= 11 is 0. The number of hydrogen-bond acceptors (Lipinski definition) is 5. The second kappa shape index (κ2) is 7.94. The summed E-state index contributed by atoms with van der Waals surface area (Å²) < 4.78 is 52.4. The van der Waals surface area contributed by atoms with Crippen LogP contribution in [0.5, 0.6) is 11.5 Å². The Morgan fingerprint density at radius 3 is 2.70 bits per heavy atom. The number of halogens is 1. The van der Waals surface area contributed by atoms with Crippen molar-refractivity contribution in [3.63, 3.8) is 0 Å². The molecule has 1 atom stereocenters. The molecule has 1 aliphatic heterocycles. The van der Waals surface area contributed by atoms with Crippen molar-refractivity contribution in [2.75, 3.05) is 19.7 Å². The van der Waals surface area contributed by atoms with Crippen LogP contribution >= 0.6 is 0 Å². The Hall–Kier alpha value is -2.63. The molecule has 0 saturated heterocycles. The number of para-hydroxylation sites is 2. The quantitative estimate of drug-likeness (QED) is 0.758. The zero-order valence-corrected chi connectivity index (χ0v) is 15.6. The maximum atomic E-state index is 13.6. The third-order valence-corrected chi connectivity index (χ3v) is 6.00. The highest BCUT2D eigenvalue weighted by atomic mass is 32.2. The van der Waals surface area contributed by atoms with Gasteiger partial charge in [-0.2, -0.15) is 9.57 Å². The van der Waals surface area contributed by atoms with E-state index >= 15 is 0 Å². The molecule has 6 nitrogen and oxygen atoms in total. The van der Waals surface area contributed by atoms with Crippen LogP contribution in [-0.2, 0) is 10.0 Å². The monoisotopic (exact) mass is 390 g/mol. The lowest BCUT2D eigenvalue weighted by Gasteiger charge is -2.30. The van der Waals surface area contributed by atoms with Crippen LogP contribution in [0.4, 0.5) is 4.39 Å². The van der Waals surface area contributed by atoms with Gasteiger partial charge < -0.3 is 9.47 Å². The summed E-state index contributed by atoms with van der Waals surface area (Å²) in [5, 5.41) is 8.97. The largest absolute Gasteiger partial charge is 0.486 e. The second-order valence-electron chi connectivity index (χ2n) is 6.11. The molecule has 0 saturated carbocycles. The van der Waals surface area contributed by atoms with Crippen molar-refractivity contribution in [3.05, 3.63) is 53.8 Å². The van der Waals surface area contributed by atoms with Crippen molar-refractivity contribution in [2.45, 2.75) is 24.3 Å². The van der Waals surface area contributed by atoms with Crippen LogP contribution in [0.25, 0.3) is 0 Å². The van der Waals surface area contributed by atoms with Gasteiger partial charge in [-0.1, -0.05) is 19.1 Å². The number of hydrogen-bond donors (Lipinski definition) is 0. The van der Waals surface area contributed by atoms with Gasteiger partial charge in [0.1, 0.15) is 24.6 Å². The number of sulfonamides is 1. The summed E-state index contributed by atoms with van der Waals surface area (Å²) in [6, 6.07) is 12.1. The van der Waals surface area contributed by atoms with Gasteiger partial charge in [0.15, 0.2) is 11.5 Å². The number of fused-ring (bicyclic) bond motifs is 1. The molecule has 1 unspecified atom stereocenters. The fourth-order valence-corrected chi connectivity index (χ4v) is 4.43. The van der Waals surface area contributed by atoms with Crippen molar-refractivity contribution in [1.29, 1.82) is 5.26 Å². The van der Waals surface area contributed by atoms with Crippen molar-refractivity contribution < 1.29 is 22.3 Å². The Morgan fingerprint density at radius 1 is 1.26 bits per heavy atom. The SMILES string of the molecule is CCCN(CC1COc2ccccc2O1)S(=O)(=O)c1ccc(F)c(C#N)c1. The van der Waals surface area contributed by atoms with E-state index in [9.17, 15) is 12.8 Å². The summed E-state index contributed by atoms with van der Waals surface area (Å²) in [5.41, 5.74) is -0.307. The van der Waals surface area contributed by atoms with E-state index in [-0.39, 0.29) is 30.2 Å². The summed E-state index contributed by atoms with van der Waals surface area (Å²) in [7, 11) is -3.91. The van der Waals surface area contributed by atoms with E-state index in [1.54, 1.807) is 18.2 Å². The maximum Gasteiger partial charge on any atom is 0.243 e. The topological polar surface area (TPSA) is 79.6 Å². The summed E-state index contributed by atoms with van der Waals surface area (Å²) in [4.78, 5) is -0.119. The van der Waals surface area contributed by atoms with Crippen LogP contribution in [0, 0.1) is 17.1 Å². The zero-order valence-electron chi connectivity index (χ0n) is 14.8. The van der Waals surface area contributed by atoms with Crippen LogP contribution in [0.15, 0.2) is 47.4 Å². The van der Waals surface area contributed by atoms with E-state index in [1.807, 2.05) is 19.1 Å². The zero-order chi connectivity index (χ0) is 19.4. The molecule has 0 spiro atoms. The second-order valence-corrected chi connectivity index (χ2v) is 8.05. The first kappa shape index (κ1) is 19.1. The molecule has 3 rings (SSSR count). The normalized spacial score (nSPS) is 16.1. The average molecular weight is 390 g/mol. The Kier molecular flexibility index (Phi) is 5.63. The Labute approximate surface area is 157 Å². The molecule has 0 fully saturated rings. The van der Waals surface area contributed by atoms with Crippen molar-refractivity contribution >= 4 is 10.0 Å². The lowest BCUT2D eigenvalue weighted by Crippen LogP contribution is -2.44. The Balaban J connectivity index is 1.84. The minimum absolute atomic E-state index is 0.0871. The molecule has 2 aromatic rings. The number of benzene rings is 2. The highest BCUT2D eigenvalue weighted by molar-refractivity contribution is 7.89. The smallest absolute Gasteiger partial charge is 0.243 e. The van der Waals surface area contributed by atoms with Gasteiger partial charge in [0.2, 0.25) is 10.0 Å². The van der Waals surface area contributed by atoms with E-state index in [2.05, 4.69) is 0 Å². The van der Waals surface area contributed by atoms with Gasteiger partial charge in [0.25, 0.3) is 0 Å². The fourth-order valence-electron chi connectivity index (χ4n) is 2.84. The van der Waals surface area contributed by atoms with E-state index in [0.29, 0.717) is 17.9 Å². The average Bonchev–Trinajstić information content (AvgIpc) is 2.67. The lowest BCUT2D eigenvalue weighted by molar-refractivity contribution is 0.0764. The third-order valence-electron chi connectivity index (χ3n) is 4.14. The molecule has 8 heteroatoms. The van der Waals surface area contributed by atoms with Gasteiger partial charge in [-0.05, 0) is 36.8 Å². The predicted octanol–water partition coefficient (Wildman–Crippen LogP) is 2.94. The molecule has 1 heterocycles. The van der Waals surface area contributed by atoms with Crippen LogP contribution in [0.1, 0.15) is 18.9 Å². The number of ether oxygens (including phenoxy) is 2. The molecular weight excluding hydrogens is 371 g/mol. The van der Waals surface area contributed by atoms with Gasteiger partial charge in [0.05, 0.1) is 17.0 Å². The Morgan fingerprint density at radius 2 is 2.00 bits per heavy atom. The molecule has 0 aromatic heterocycles. The van der Waals surface area contributed by atoms with Gasteiger partial charge >= 0.3 is 0 Å². The summed E-state index contributed by atoms with van der Waals surface area (Å²) in [5.74, 6) is 0.436. The van der Waals surface area contributed by atoms with Crippen molar-refractivity contribution in [1.82, 2.24) is 4.31 Å². The fraction of sp³-hybridized carbons (Fsp3) is 0.316. The molecule has 27 heavy (non-hydrogen) atoms. The summed E-state index contributed by atoms with van der Waals surface area (Å²) in [6.07, 6.45) is 0.118. The van der Waals surface area contributed by atoms with Gasteiger partial charge in [-0.3, -0.25) is 0 Å². The Bertz CT molecular complexity index is 972. The molecule has 1 aliphatic rings. The van der Waals surface area contributed by atoms with E-state index < -0.39 is 21.9 Å². The summed E-state index contributed by atoms with van der Waals surface area (Å²) in [6.45, 7) is 2.44. The highest BCUT2D eigenvalue weighted by Gasteiger charge is 2.30. The van der Waals surface area contributed by atoms with Crippen LogP contribution < -0.4 is 9.47 Å². The van der Waals surface area contributed by atoms with E-state index in [0.717, 1.165) is 12.1 Å². The van der Waals surface area contributed by atoms with Crippen LogP contribution in [0.3, 0.4) is 0 Å². The first-order valence-electron chi connectivity index (χ1n) is 8.54. The standard InChI is InChI=1S/C19H19FN2O4S/c1-2-9-22(12-15-13-25-18-5-3-4-6-19(18)26-15)27(23,24)16-7-8-17(20)14(10-16)11-21/h3-8,10,15H,2,9,12-13H2,1H3. The molecule has 0 amide bonds. The molecule has 0 radical (unpaired) electrons. The molecule has 2 aromatic carbocycles. The van der Waals surface area contributed by atoms with Crippen LogP contribution in [0.2, 0.25) is 0 Å². The number of nitrogens with zero attached hydrogens (tertiary/aromatic N) is 2. The minimum Gasteiger partial charge on any atom is -0.486 e. The molecular formula is C19H19FN2O4S. The van der Waals surface area contributed by atoms with Crippen molar-refractivity contribution in [3.8, 4) is 17.6 Å². The van der Waals surface area contributed by atoms with Gasteiger partial charge in [-0.15, -0.1) is 0 Å². The van der Waals surface area contributed by atoms with Crippen molar-refractivity contribution in [2.24, 2.45) is 0 Å². The lowest BCUT2D eigenvalue weighted by atomic mass is 10.2. The first-order chi connectivity index (χ1) is 13.0. The number of nitriles is 1. The van der Waals surface area contributed by atoms with E-state index in [1.165, 1.54) is 10.4 Å². The molecule has 0 N–H and O–H groups in total. The number of rotatable bonds is 6. The molecule has 0 aliphatic carbocycles. The van der Waals surface area contributed by atoms with Gasteiger partial charge in [-0.25, -0.2) is 12.8 Å².